The Morgan fingerprint density at radius 1 is 1.33 bits per heavy atom. The minimum absolute atomic E-state index is 0.213. The van der Waals surface area contributed by atoms with Gasteiger partial charge < -0.3 is 5.11 Å². The van der Waals surface area contributed by atoms with Crippen molar-refractivity contribution in [2.45, 2.75) is 37.5 Å². The molecule has 3 aliphatic carbocycles. The van der Waals surface area contributed by atoms with Crippen LogP contribution in [0.25, 0.3) is 5.82 Å². The van der Waals surface area contributed by atoms with E-state index in [0.29, 0.717) is 17.8 Å². The highest BCUT2D eigenvalue weighted by Crippen LogP contribution is 2.57. The molecule has 0 saturated heterocycles. The Morgan fingerprint density at radius 3 is 2.86 bits per heavy atom. The first kappa shape index (κ1) is 11.5. The number of carboxylic acid groups (broad SMARTS) is 1. The van der Waals surface area contributed by atoms with Gasteiger partial charge in [0.15, 0.2) is 11.5 Å². The summed E-state index contributed by atoms with van der Waals surface area (Å²) in [5.74, 6) is 1.62. The van der Waals surface area contributed by atoms with E-state index in [2.05, 4.69) is 16.1 Å². The summed E-state index contributed by atoms with van der Waals surface area (Å²) < 4.78 is 1.77. The van der Waals surface area contributed by atoms with E-state index < -0.39 is 5.97 Å². The third-order valence-corrected chi connectivity index (χ3v) is 5.00. The van der Waals surface area contributed by atoms with Crippen LogP contribution < -0.4 is 0 Å². The molecule has 5 nitrogen and oxygen atoms in total. The van der Waals surface area contributed by atoms with Crippen molar-refractivity contribution in [3.05, 3.63) is 40.8 Å². The van der Waals surface area contributed by atoms with Crippen molar-refractivity contribution < 1.29 is 9.90 Å². The molecular weight excluding hydrogens is 266 g/mol. The largest absolute Gasteiger partial charge is 0.476 e. The van der Waals surface area contributed by atoms with Crippen LogP contribution in [0.1, 0.15) is 58.4 Å². The lowest BCUT2D eigenvalue weighted by atomic mass is 10.1. The number of nitrogens with zero attached hydrogens (tertiary/aromatic N) is 3. The topological polar surface area (TPSA) is 68.0 Å². The summed E-state index contributed by atoms with van der Waals surface area (Å²) in [6, 6.07) is 4.08. The summed E-state index contributed by atoms with van der Waals surface area (Å²) in [6.45, 7) is 0. The Morgan fingerprint density at radius 2 is 2.19 bits per heavy atom. The third kappa shape index (κ3) is 1.60. The van der Waals surface area contributed by atoms with Gasteiger partial charge in [0.2, 0.25) is 0 Å². The molecule has 2 fully saturated rings. The van der Waals surface area contributed by atoms with Gasteiger partial charge in [-0.2, -0.15) is 5.10 Å². The molecule has 21 heavy (non-hydrogen) atoms. The molecule has 2 saturated carbocycles. The molecule has 0 bridgehead atoms. The van der Waals surface area contributed by atoms with E-state index in [1.54, 1.807) is 4.68 Å². The number of carbonyl (C=O) groups is 1. The first-order chi connectivity index (χ1) is 10.2. The van der Waals surface area contributed by atoms with Crippen molar-refractivity contribution in [2.24, 2.45) is 5.92 Å². The van der Waals surface area contributed by atoms with Crippen LogP contribution >= 0.6 is 0 Å². The molecule has 2 heterocycles. The monoisotopic (exact) mass is 281 g/mol. The van der Waals surface area contributed by atoms with Gasteiger partial charge in [-0.05, 0) is 49.1 Å². The van der Waals surface area contributed by atoms with Crippen molar-refractivity contribution in [3.8, 4) is 5.82 Å². The Hall–Kier alpha value is -2.17. The van der Waals surface area contributed by atoms with Crippen molar-refractivity contribution in [3.63, 3.8) is 0 Å². The fourth-order valence-corrected chi connectivity index (χ4v) is 3.64. The summed E-state index contributed by atoms with van der Waals surface area (Å²) >= 11 is 0. The number of fused-ring (bicyclic) bond motifs is 3. The summed E-state index contributed by atoms with van der Waals surface area (Å²) in [5, 5.41) is 13.7. The number of pyridine rings is 1. The summed E-state index contributed by atoms with van der Waals surface area (Å²) in [6.07, 6.45) is 6.46. The van der Waals surface area contributed by atoms with Gasteiger partial charge >= 0.3 is 5.97 Å². The van der Waals surface area contributed by atoms with Gasteiger partial charge in [0.05, 0.1) is 5.69 Å². The molecule has 0 unspecified atom stereocenters. The molecule has 0 aliphatic heterocycles. The first-order valence-corrected chi connectivity index (χ1v) is 7.54. The fraction of sp³-hybridized carbons (Fsp3) is 0.438. The molecule has 5 heteroatoms. The lowest BCUT2D eigenvalue weighted by Crippen LogP contribution is -2.06. The molecule has 3 aliphatic rings. The molecule has 106 valence electrons. The maximum Gasteiger partial charge on any atom is 0.356 e. The smallest absolute Gasteiger partial charge is 0.356 e. The van der Waals surface area contributed by atoms with Gasteiger partial charge in [-0.15, -0.1) is 0 Å². The maximum absolute atomic E-state index is 11.4. The number of hydrogen-bond acceptors (Lipinski definition) is 3. The van der Waals surface area contributed by atoms with Crippen LogP contribution in [0.15, 0.2) is 18.3 Å². The SMILES string of the molecule is O=C(O)c1nn(-c2ccc(C3CC3)cn2)c2c1C[C@H]1C[C@@H]21. The molecule has 1 N–H and O–H groups in total. The second kappa shape index (κ2) is 3.72. The lowest BCUT2D eigenvalue weighted by molar-refractivity contribution is 0.0688. The third-order valence-electron chi connectivity index (χ3n) is 5.00. The van der Waals surface area contributed by atoms with E-state index in [-0.39, 0.29) is 5.69 Å². The molecule has 5 rings (SSSR count). The molecule has 2 atom stereocenters. The van der Waals surface area contributed by atoms with Crippen molar-refractivity contribution in [2.75, 3.05) is 0 Å². The summed E-state index contributed by atoms with van der Waals surface area (Å²) in [4.78, 5) is 15.9. The van der Waals surface area contributed by atoms with Crippen LogP contribution in [0.3, 0.4) is 0 Å². The van der Waals surface area contributed by atoms with Gasteiger partial charge in [-0.1, -0.05) is 6.07 Å². The molecule has 2 aromatic rings. The minimum Gasteiger partial charge on any atom is -0.476 e. The summed E-state index contributed by atoms with van der Waals surface area (Å²) in [7, 11) is 0. The quantitative estimate of drug-likeness (QED) is 0.938. The second-order valence-electron chi connectivity index (χ2n) is 6.46. The van der Waals surface area contributed by atoms with Crippen LogP contribution in [0.4, 0.5) is 0 Å². The average molecular weight is 281 g/mol. The van der Waals surface area contributed by atoms with Crippen LogP contribution in [0.2, 0.25) is 0 Å². The Kier molecular flexibility index (Phi) is 2.04. The molecule has 0 radical (unpaired) electrons. The van der Waals surface area contributed by atoms with E-state index in [1.807, 2.05) is 12.3 Å². The normalized spacial score (nSPS) is 25.5. The number of aromatic carboxylic acids is 1. The van der Waals surface area contributed by atoms with Gasteiger partial charge in [0.1, 0.15) is 0 Å². The van der Waals surface area contributed by atoms with E-state index in [4.69, 9.17) is 0 Å². The molecule has 0 spiro atoms. The molecular formula is C16H15N3O2. The van der Waals surface area contributed by atoms with E-state index in [9.17, 15) is 9.90 Å². The van der Waals surface area contributed by atoms with E-state index in [1.165, 1.54) is 18.4 Å². The molecule has 2 aromatic heterocycles. The molecule has 0 aromatic carbocycles. The van der Waals surface area contributed by atoms with Gasteiger partial charge in [0, 0.05) is 17.7 Å². The highest BCUT2D eigenvalue weighted by Gasteiger charge is 2.50. The Bertz CT molecular complexity index is 759. The fourth-order valence-electron chi connectivity index (χ4n) is 3.64. The zero-order valence-electron chi connectivity index (χ0n) is 11.5. The van der Waals surface area contributed by atoms with Crippen LogP contribution in [0.5, 0.6) is 0 Å². The second-order valence-corrected chi connectivity index (χ2v) is 6.46. The Labute approximate surface area is 121 Å². The zero-order chi connectivity index (χ0) is 14.1. The van der Waals surface area contributed by atoms with Gasteiger partial charge in [-0.25, -0.2) is 14.5 Å². The van der Waals surface area contributed by atoms with Crippen LogP contribution in [0, 0.1) is 5.92 Å². The number of carboxylic acids is 1. The average Bonchev–Trinajstić information content (AvgIpc) is 3.38. The van der Waals surface area contributed by atoms with Crippen molar-refractivity contribution in [1.29, 1.82) is 0 Å². The van der Waals surface area contributed by atoms with Crippen LogP contribution in [-0.2, 0) is 6.42 Å². The predicted octanol–water partition coefficient (Wildman–Crippen LogP) is 2.50. The van der Waals surface area contributed by atoms with Gasteiger partial charge in [-0.3, -0.25) is 0 Å². The van der Waals surface area contributed by atoms with Crippen molar-refractivity contribution in [1.82, 2.24) is 14.8 Å². The van der Waals surface area contributed by atoms with Crippen LogP contribution in [-0.4, -0.2) is 25.8 Å². The standard InChI is InChI=1S/C16H15N3O2/c20-16(21)14-12-6-10-5-11(10)15(12)19(18-14)13-4-3-9(7-17-13)8-1-2-8/h3-4,7-8,10-11H,1-2,5-6H2,(H,20,21)/t10-,11-/m1/s1. The lowest BCUT2D eigenvalue weighted by Gasteiger charge is -2.06. The van der Waals surface area contributed by atoms with Gasteiger partial charge in [0.25, 0.3) is 0 Å². The van der Waals surface area contributed by atoms with E-state index >= 15 is 0 Å². The zero-order valence-corrected chi connectivity index (χ0v) is 11.5. The van der Waals surface area contributed by atoms with E-state index in [0.717, 1.165) is 29.9 Å². The summed E-state index contributed by atoms with van der Waals surface area (Å²) in [5.41, 5.74) is 3.51. The predicted molar refractivity (Wildman–Crippen MR) is 74.8 cm³/mol. The maximum atomic E-state index is 11.4. The Balaban J connectivity index is 1.62. The number of hydrogen-bond donors (Lipinski definition) is 1. The highest BCUT2D eigenvalue weighted by molar-refractivity contribution is 5.88. The molecule has 0 amide bonds. The minimum atomic E-state index is -0.930. The first-order valence-electron chi connectivity index (χ1n) is 7.54. The highest BCUT2D eigenvalue weighted by atomic mass is 16.4. The number of aromatic nitrogens is 3. The van der Waals surface area contributed by atoms with Crippen molar-refractivity contribution >= 4 is 5.97 Å². The number of rotatable bonds is 3.